The second-order valence-electron chi connectivity index (χ2n) is 4.12. The van der Waals surface area contributed by atoms with Gasteiger partial charge >= 0.3 is 30.8 Å². The average molecular weight is 380 g/mol. The van der Waals surface area contributed by atoms with Crippen LogP contribution in [0.5, 0.6) is 0 Å². The smallest absolute Gasteiger partial charge is 0.430 e. The van der Waals surface area contributed by atoms with Crippen molar-refractivity contribution in [1.29, 1.82) is 0 Å². The molecule has 2 saturated heterocycles. The van der Waals surface area contributed by atoms with Crippen LogP contribution in [0, 0.1) is 0 Å². The minimum Gasteiger partial charge on any atom is -0.430 e. The van der Waals surface area contributed by atoms with Crippen molar-refractivity contribution >= 4 is 12.3 Å². The van der Waals surface area contributed by atoms with Gasteiger partial charge < -0.3 is 18.9 Å². The number of rotatable bonds is 0. The van der Waals surface area contributed by atoms with Crippen molar-refractivity contribution in [1.82, 2.24) is 0 Å². The molecule has 0 aromatic carbocycles. The van der Waals surface area contributed by atoms with Crippen molar-refractivity contribution in [3.8, 4) is 0 Å². The number of hydrogen-bond donors (Lipinski definition) is 0. The average Bonchev–Trinajstić information content (AvgIpc) is 2.93. The van der Waals surface area contributed by atoms with Gasteiger partial charge in [-0.15, -0.1) is 0 Å². The number of cyclic esters (lactones) is 4. The fourth-order valence-electron chi connectivity index (χ4n) is 1.32. The van der Waals surface area contributed by atoms with E-state index in [-0.39, 0.29) is 0 Å². The molecule has 6 nitrogen and oxygen atoms in total. The number of halogens is 9. The summed E-state index contributed by atoms with van der Waals surface area (Å²) in [4.78, 5) is 20.1. The predicted molar refractivity (Wildman–Crippen MR) is 49.5 cm³/mol. The third-order valence-corrected chi connectivity index (χ3v) is 2.32. The number of ether oxygens (including phenoxy) is 4. The fourth-order valence-corrected chi connectivity index (χ4v) is 1.32. The second-order valence-corrected chi connectivity index (χ2v) is 4.12. The number of hydrogen-bond acceptors (Lipinski definition) is 6. The summed E-state index contributed by atoms with van der Waals surface area (Å²) in [5, 5.41) is 0. The Morgan fingerprint density at radius 2 is 1.08 bits per heavy atom. The van der Waals surface area contributed by atoms with Gasteiger partial charge in [0, 0.05) is 0 Å². The normalized spacial score (nSPS) is 27.5. The molecule has 0 N–H and O–H groups in total. The number of carbonyl (C=O) groups is 2. The molecule has 0 spiro atoms. The molecule has 0 aromatic rings. The zero-order valence-corrected chi connectivity index (χ0v) is 10.8. The lowest BCUT2D eigenvalue weighted by Gasteiger charge is -2.19. The minimum atomic E-state index is -5.30. The standard InChI is InChI=1S/C5H2F6O3.C4H3F3O3/c6-4(7,8)1-2(5(9,10)11)14-3(12)13-1;5-4(6,7)2-1-9-3(8)10-2/h1-2H;2H,1H2. The van der Waals surface area contributed by atoms with Gasteiger partial charge in [-0.2, -0.15) is 39.5 Å². The van der Waals surface area contributed by atoms with Crippen LogP contribution in [-0.4, -0.2) is 55.8 Å². The summed E-state index contributed by atoms with van der Waals surface area (Å²) in [6.07, 6.45) is -27.0. The molecular weight excluding hydrogens is 375 g/mol. The highest BCUT2D eigenvalue weighted by Crippen LogP contribution is 2.38. The number of alkyl halides is 9. The summed E-state index contributed by atoms with van der Waals surface area (Å²) in [7, 11) is 0. The maximum Gasteiger partial charge on any atom is 0.509 e. The molecule has 2 aliphatic heterocycles. The van der Waals surface area contributed by atoms with Crippen LogP contribution < -0.4 is 0 Å². The molecule has 0 aliphatic carbocycles. The molecule has 2 fully saturated rings. The molecular formula is C9H5F9O6. The Hall–Kier alpha value is -2.09. The topological polar surface area (TPSA) is 71.1 Å². The van der Waals surface area contributed by atoms with Gasteiger partial charge in [-0.1, -0.05) is 0 Å². The van der Waals surface area contributed by atoms with Crippen molar-refractivity contribution in [2.75, 3.05) is 6.61 Å². The summed E-state index contributed by atoms with van der Waals surface area (Å²) in [6, 6.07) is 0. The molecule has 0 aromatic heterocycles. The quantitative estimate of drug-likeness (QED) is 0.475. The van der Waals surface area contributed by atoms with Crippen LogP contribution in [0.25, 0.3) is 0 Å². The molecule has 0 radical (unpaired) electrons. The first-order chi connectivity index (χ1) is 10.6. The van der Waals surface area contributed by atoms with Gasteiger partial charge in [0.15, 0.2) is 0 Å². The lowest BCUT2D eigenvalue weighted by molar-refractivity contribution is -0.260. The first kappa shape index (κ1) is 20.0. The molecule has 0 amide bonds. The highest BCUT2D eigenvalue weighted by Gasteiger charge is 2.64. The second kappa shape index (κ2) is 6.43. The first-order valence-electron chi connectivity index (χ1n) is 5.53. The highest BCUT2D eigenvalue weighted by molar-refractivity contribution is 5.63. The molecule has 140 valence electrons. The number of carbonyl (C=O) groups excluding carboxylic acids is 2. The lowest BCUT2D eigenvalue weighted by atomic mass is 10.2. The van der Waals surface area contributed by atoms with E-state index in [1.165, 1.54) is 0 Å². The Morgan fingerprint density at radius 3 is 1.29 bits per heavy atom. The maximum atomic E-state index is 11.9. The van der Waals surface area contributed by atoms with E-state index >= 15 is 0 Å². The Morgan fingerprint density at radius 1 is 0.667 bits per heavy atom. The Balaban J connectivity index is 0.000000254. The van der Waals surface area contributed by atoms with E-state index < -0.39 is 55.8 Å². The molecule has 2 aliphatic rings. The lowest BCUT2D eigenvalue weighted by Crippen LogP contribution is -2.45. The van der Waals surface area contributed by atoms with Crippen LogP contribution in [0.15, 0.2) is 0 Å². The van der Waals surface area contributed by atoms with Gasteiger partial charge in [0.25, 0.3) is 0 Å². The van der Waals surface area contributed by atoms with E-state index in [0.29, 0.717) is 0 Å². The fraction of sp³-hybridized carbons (Fsp3) is 0.778. The van der Waals surface area contributed by atoms with E-state index in [0.717, 1.165) is 0 Å². The monoisotopic (exact) mass is 380 g/mol. The summed E-state index contributed by atoms with van der Waals surface area (Å²) in [5.41, 5.74) is 0. The summed E-state index contributed by atoms with van der Waals surface area (Å²) in [5.74, 6) is 0. The molecule has 24 heavy (non-hydrogen) atoms. The van der Waals surface area contributed by atoms with Gasteiger partial charge in [-0.25, -0.2) is 9.59 Å². The van der Waals surface area contributed by atoms with Crippen LogP contribution >= 0.6 is 0 Å². The van der Waals surface area contributed by atoms with Crippen LogP contribution in [-0.2, 0) is 18.9 Å². The Labute approximate surface area is 125 Å². The molecule has 2 rings (SSSR count). The van der Waals surface area contributed by atoms with Crippen molar-refractivity contribution in [3.63, 3.8) is 0 Å². The van der Waals surface area contributed by atoms with Crippen molar-refractivity contribution < 1.29 is 68.1 Å². The van der Waals surface area contributed by atoms with Gasteiger partial charge in [0.2, 0.25) is 18.3 Å². The zero-order chi connectivity index (χ0) is 18.9. The third-order valence-electron chi connectivity index (χ3n) is 2.32. The predicted octanol–water partition coefficient (Wildman–Crippen LogP) is 3.10. The zero-order valence-electron chi connectivity index (χ0n) is 10.8. The van der Waals surface area contributed by atoms with E-state index in [9.17, 15) is 49.1 Å². The van der Waals surface area contributed by atoms with E-state index in [1.54, 1.807) is 0 Å². The largest absolute Gasteiger partial charge is 0.509 e. The molecule has 3 unspecified atom stereocenters. The van der Waals surface area contributed by atoms with E-state index in [2.05, 4.69) is 18.9 Å². The summed E-state index contributed by atoms with van der Waals surface area (Å²) < 4.78 is 120. The molecule has 3 atom stereocenters. The van der Waals surface area contributed by atoms with Gasteiger partial charge in [0.1, 0.15) is 6.61 Å². The van der Waals surface area contributed by atoms with Crippen molar-refractivity contribution in [2.45, 2.75) is 36.8 Å². The van der Waals surface area contributed by atoms with E-state index in [1.807, 2.05) is 0 Å². The van der Waals surface area contributed by atoms with Gasteiger partial charge in [-0.05, 0) is 0 Å². The maximum absolute atomic E-state index is 11.9. The summed E-state index contributed by atoms with van der Waals surface area (Å²) >= 11 is 0. The van der Waals surface area contributed by atoms with Gasteiger partial charge in [-0.3, -0.25) is 0 Å². The summed E-state index contributed by atoms with van der Waals surface area (Å²) in [6.45, 7) is -0.734. The third kappa shape index (κ3) is 5.23. The molecule has 15 heteroatoms. The molecule has 0 saturated carbocycles. The van der Waals surface area contributed by atoms with Gasteiger partial charge in [0.05, 0.1) is 0 Å². The van der Waals surface area contributed by atoms with Crippen LogP contribution in [0.3, 0.4) is 0 Å². The van der Waals surface area contributed by atoms with Crippen molar-refractivity contribution in [3.05, 3.63) is 0 Å². The Bertz CT molecular complexity index is 457. The first-order valence-corrected chi connectivity index (χ1v) is 5.53. The Kier molecular flexibility index (Phi) is 5.34. The van der Waals surface area contributed by atoms with Crippen LogP contribution in [0.4, 0.5) is 49.1 Å². The molecule has 0 bridgehead atoms. The minimum absolute atomic E-state index is 0.734. The SMILES string of the molecule is O=C1OC(C(F)(F)F)C(C(F)(F)F)O1.O=C1OCC(C(F)(F)F)O1. The van der Waals surface area contributed by atoms with E-state index in [4.69, 9.17) is 0 Å². The molecule has 2 heterocycles. The highest BCUT2D eigenvalue weighted by atomic mass is 19.4. The van der Waals surface area contributed by atoms with Crippen LogP contribution in [0.1, 0.15) is 0 Å². The van der Waals surface area contributed by atoms with Crippen LogP contribution in [0.2, 0.25) is 0 Å². The van der Waals surface area contributed by atoms with Crippen molar-refractivity contribution in [2.24, 2.45) is 0 Å².